The first-order valence-electron chi connectivity index (χ1n) is 5.60. The lowest BCUT2D eigenvalue weighted by atomic mass is 9.89. The highest BCUT2D eigenvalue weighted by molar-refractivity contribution is 5.79. The molecule has 0 bridgehead atoms. The Hall–Kier alpha value is -1.32. The average Bonchev–Trinajstić information content (AvgIpc) is 2.72. The molecule has 1 atom stereocenters. The van der Waals surface area contributed by atoms with Gasteiger partial charge in [-0.2, -0.15) is 0 Å². The first-order chi connectivity index (χ1) is 7.31. The number of aromatic nitrogens is 2. The summed E-state index contributed by atoms with van der Waals surface area (Å²) >= 11 is 0. The monoisotopic (exact) mass is 207 g/mol. The number of aromatic amines is 1. The van der Waals surface area contributed by atoms with Crippen molar-refractivity contribution in [2.75, 3.05) is 6.54 Å². The van der Waals surface area contributed by atoms with Crippen LogP contribution in [0.1, 0.15) is 31.2 Å². The molecule has 4 heteroatoms. The third kappa shape index (κ3) is 2.19. The zero-order chi connectivity index (χ0) is 10.7. The highest BCUT2D eigenvalue weighted by Crippen LogP contribution is 2.22. The number of hydrogen-bond acceptors (Lipinski definition) is 2. The minimum Gasteiger partial charge on any atom is -0.356 e. The minimum atomic E-state index is 0.118. The van der Waals surface area contributed by atoms with Gasteiger partial charge >= 0.3 is 0 Å². The van der Waals surface area contributed by atoms with Gasteiger partial charge in [0.05, 0.1) is 12.0 Å². The van der Waals surface area contributed by atoms with Gasteiger partial charge < -0.3 is 10.3 Å². The number of amides is 1. The fourth-order valence-electron chi connectivity index (χ4n) is 2.01. The number of hydrogen-bond donors (Lipinski definition) is 2. The van der Waals surface area contributed by atoms with E-state index in [1.165, 1.54) is 5.69 Å². The largest absolute Gasteiger partial charge is 0.356 e. The van der Waals surface area contributed by atoms with E-state index in [9.17, 15) is 4.79 Å². The lowest BCUT2D eigenvalue weighted by molar-refractivity contribution is -0.125. The Morgan fingerprint density at radius 2 is 2.60 bits per heavy atom. The lowest BCUT2D eigenvalue weighted by Gasteiger charge is -2.20. The predicted octanol–water partition coefficient (Wildman–Crippen LogP) is 1.04. The molecule has 82 valence electrons. The molecule has 0 saturated carbocycles. The molecule has 1 unspecified atom stereocenters. The molecule has 0 aromatic carbocycles. The third-order valence-electron chi connectivity index (χ3n) is 2.91. The van der Waals surface area contributed by atoms with Crippen molar-refractivity contribution in [3.8, 4) is 0 Å². The summed E-state index contributed by atoms with van der Waals surface area (Å²) in [7, 11) is 0. The second-order valence-electron chi connectivity index (χ2n) is 4.06. The van der Waals surface area contributed by atoms with Crippen LogP contribution in [0.5, 0.6) is 0 Å². The molecule has 0 radical (unpaired) electrons. The molecule has 2 rings (SSSR count). The number of fused-ring (bicyclic) bond motifs is 1. The second-order valence-corrected chi connectivity index (χ2v) is 4.06. The van der Waals surface area contributed by atoms with E-state index >= 15 is 0 Å². The van der Waals surface area contributed by atoms with Crippen molar-refractivity contribution in [2.24, 2.45) is 5.92 Å². The van der Waals surface area contributed by atoms with E-state index in [1.807, 2.05) is 0 Å². The van der Waals surface area contributed by atoms with E-state index < -0.39 is 0 Å². The standard InChI is InChI=1S/C11H17N3O/c1-2-5-12-11(15)8-3-4-9-10(6-8)14-7-13-9/h7-8H,2-6H2,1H3,(H,12,15)(H,13,14). The summed E-state index contributed by atoms with van der Waals surface area (Å²) in [6, 6.07) is 0. The molecule has 0 aliphatic heterocycles. The maximum atomic E-state index is 11.7. The van der Waals surface area contributed by atoms with Crippen LogP contribution in [-0.4, -0.2) is 22.4 Å². The fourth-order valence-corrected chi connectivity index (χ4v) is 2.01. The van der Waals surface area contributed by atoms with Crippen molar-refractivity contribution in [3.63, 3.8) is 0 Å². The number of rotatable bonds is 3. The highest BCUT2D eigenvalue weighted by atomic mass is 16.1. The molecule has 0 saturated heterocycles. The number of imidazole rings is 1. The van der Waals surface area contributed by atoms with Gasteiger partial charge in [0.15, 0.2) is 0 Å². The molecule has 4 nitrogen and oxygen atoms in total. The first-order valence-corrected chi connectivity index (χ1v) is 5.60. The molecular formula is C11H17N3O. The minimum absolute atomic E-state index is 0.118. The molecule has 1 aliphatic rings. The van der Waals surface area contributed by atoms with E-state index in [0.29, 0.717) is 0 Å². The molecule has 2 N–H and O–H groups in total. The number of carbonyl (C=O) groups excluding carboxylic acids is 1. The second kappa shape index (κ2) is 4.47. The van der Waals surface area contributed by atoms with Crippen LogP contribution < -0.4 is 5.32 Å². The lowest BCUT2D eigenvalue weighted by Crippen LogP contribution is -2.34. The van der Waals surface area contributed by atoms with Gasteiger partial charge in [0.25, 0.3) is 0 Å². The summed E-state index contributed by atoms with van der Waals surface area (Å²) < 4.78 is 0. The first kappa shape index (κ1) is 10.2. The molecule has 1 aliphatic carbocycles. The zero-order valence-corrected chi connectivity index (χ0v) is 9.05. The topological polar surface area (TPSA) is 57.8 Å². The molecular weight excluding hydrogens is 190 g/mol. The van der Waals surface area contributed by atoms with Gasteiger partial charge in [0.2, 0.25) is 5.91 Å². The van der Waals surface area contributed by atoms with Gasteiger partial charge in [-0.3, -0.25) is 4.79 Å². The van der Waals surface area contributed by atoms with Gasteiger partial charge in [-0.05, 0) is 19.3 Å². The Balaban J connectivity index is 1.94. The number of carbonyl (C=O) groups is 1. The number of nitrogens with one attached hydrogen (secondary N) is 2. The van der Waals surface area contributed by atoms with Crippen LogP contribution in [-0.2, 0) is 17.6 Å². The Morgan fingerprint density at radius 3 is 3.40 bits per heavy atom. The molecule has 1 aromatic rings. The summed E-state index contributed by atoms with van der Waals surface area (Å²) in [5, 5.41) is 2.95. The molecule has 0 fully saturated rings. The van der Waals surface area contributed by atoms with Crippen molar-refractivity contribution in [3.05, 3.63) is 17.7 Å². The van der Waals surface area contributed by atoms with Crippen molar-refractivity contribution >= 4 is 5.91 Å². The normalized spacial score (nSPS) is 19.7. The maximum Gasteiger partial charge on any atom is 0.223 e. The average molecular weight is 207 g/mol. The van der Waals surface area contributed by atoms with Crippen LogP contribution in [0.15, 0.2) is 6.33 Å². The van der Waals surface area contributed by atoms with Crippen molar-refractivity contribution in [1.29, 1.82) is 0 Å². The number of H-pyrrole nitrogens is 1. The predicted molar refractivity (Wildman–Crippen MR) is 57.4 cm³/mol. The van der Waals surface area contributed by atoms with Gasteiger partial charge in [-0.15, -0.1) is 0 Å². The van der Waals surface area contributed by atoms with E-state index in [1.54, 1.807) is 6.33 Å². The summed E-state index contributed by atoms with van der Waals surface area (Å²) in [6.07, 6.45) is 5.38. The van der Waals surface area contributed by atoms with Gasteiger partial charge in [-0.25, -0.2) is 4.98 Å². The summed E-state index contributed by atoms with van der Waals surface area (Å²) in [6.45, 7) is 2.84. The van der Waals surface area contributed by atoms with E-state index in [4.69, 9.17) is 0 Å². The molecule has 1 aromatic heterocycles. The third-order valence-corrected chi connectivity index (χ3v) is 2.91. The molecule has 0 spiro atoms. The smallest absolute Gasteiger partial charge is 0.223 e. The summed E-state index contributed by atoms with van der Waals surface area (Å²) in [4.78, 5) is 19.1. The van der Waals surface area contributed by atoms with E-state index in [2.05, 4.69) is 22.2 Å². The summed E-state index contributed by atoms with van der Waals surface area (Å²) in [5.74, 6) is 0.304. The quantitative estimate of drug-likeness (QED) is 0.778. The molecule has 1 heterocycles. The summed E-state index contributed by atoms with van der Waals surface area (Å²) in [5.41, 5.74) is 2.27. The number of aryl methyl sites for hydroxylation is 1. The molecule has 1 amide bonds. The van der Waals surface area contributed by atoms with Crippen molar-refractivity contribution in [2.45, 2.75) is 32.6 Å². The highest BCUT2D eigenvalue weighted by Gasteiger charge is 2.25. The van der Waals surface area contributed by atoms with Crippen LogP contribution in [0.4, 0.5) is 0 Å². The zero-order valence-electron chi connectivity index (χ0n) is 9.05. The van der Waals surface area contributed by atoms with Crippen LogP contribution in [0.2, 0.25) is 0 Å². The van der Waals surface area contributed by atoms with Crippen LogP contribution in [0.3, 0.4) is 0 Å². The van der Waals surface area contributed by atoms with Crippen LogP contribution in [0, 0.1) is 5.92 Å². The van der Waals surface area contributed by atoms with Crippen LogP contribution >= 0.6 is 0 Å². The van der Waals surface area contributed by atoms with Crippen LogP contribution in [0.25, 0.3) is 0 Å². The van der Waals surface area contributed by atoms with Gasteiger partial charge in [0, 0.05) is 24.6 Å². The van der Waals surface area contributed by atoms with Crippen molar-refractivity contribution in [1.82, 2.24) is 15.3 Å². The Labute approximate surface area is 89.5 Å². The SMILES string of the molecule is CCCNC(=O)C1CCc2[nH]cnc2C1. The van der Waals surface area contributed by atoms with Crippen molar-refractivity contribution < 1.29 is 4.79 Å². The Morgan fingerprint density at radius 1 is 1.73 bits per heavy atom. The van der Waals surface area contributed by atoms with E-state index in [-0.39, 0.29) is 11.8 Å². The van der Waals surface area contributed by atoms with Gasteiger partial charge in [-0.1, -0.05) is 6.92 Å². The Kier molecular flexibility index (Phi) is 3.04. The molecule has 15 heavy (non-hydrogen) atoms. The Bertz CT molecular complexity index is 345. The fraction of sp³-hybridized carbons (Fsp3) is 0.636. The van der Waals surface area contributed by atoms with Gasteiger partial charge in [0.1, 0.15) is 0 Å². The van der Waals surface area contributed by atoms with E-state index in [0.717, 1.165) is 37.9 Å². The number of nitrogens with zero attached hydrogens (tertiary/aromatic N) is 1. The maximum absolute atomic E-state index is 11.7.